The zero-order chi connectivity index (χ0) is 27.6. The third-order valence-corrected chi connectivity index (χ3v) is 7.50. The minimum absolute atomic E-state index is 0.0459. The van der Waals surface area contributed by atoms with Crippen molar-refractivity contribution in [2.75, 3.05) is 4.90 Å². The highest BCUT2D eigenvalue weighted by Gasteiger charge is 2.43. The van der Waals surface area contributed by atoms with Crippen LogP contribution in [0.3, 0.4) is 0 Å². The zero-order valence-corrected chi connectivity index (χ0v) is 22.2. The molecule has 0 radical (unpaired) electrons. The van der Waals surface area contributed by atoms with Gasteiger partial charge >= 0.3 is 0 Å². The Morgan fingerprint density at radius 1 is 0.675 bits per heavy atom. The van der Waals surface area contributed by atoms with Gasteiger partial charge in [-0.1, -0.05) is 97.9 Å². The molecule has 0 unspecified atom stereocenters. The van der Waals surface area contributed by atoms with Crippen molar-refractivity contribution in [3.8, 4) is 5.75 Å². The van der Waals surface area contributed by atoms with Crippen LogP contribution in [0.4, 0.5) is 10.1 Å². The molecule has 0 atom stereocenters. The first kappa shape index (κ1) is 25.5. The minimum atomic E-state index is -0.601. The molecule has 5 aromatic carbocycles. The van der Waals surface area contributed by atoms with Gasteiger partial charge in [0.2, 0.25) is 0 Å². The summed E-state index contributed by atoms with van der Waals surface area (Å²) < 4.78 is 21.6. The van der Waals surface area contributed by atoms with Crippen molar-refractivity contribution < 1.29 is 18.7 Å². The Bertz CT molecular complexity index is 1630. The lowest BCUT2D eigenvalue weighted by Gasteiger charge is -2.17. The van der Waals surface area contributed by atoms with E-state index >= 15 is 4.39 Å². The smallest absolute Gasteiger partial charge is 0.270 e. The van der Waals surface area contributed by atoms with Crippen molar-refractivity contribution in [1.29, 1.82) is 0 Å². The Morgan fingerprint density at radius 3 is 1.98 bits per heavy atom. The van der Waals surface area contributed by atoms with Crippen LogP contribution in [-0.4, -0.2) is 11.8 Å². The second-order valence-corrected chi connectivity index (χ2v) is 9.95. The standard InChI is InChI=1S/C35H28FNO3/c1-2-23-18-20-30(29(36)21-23)37-34(38)31-27(19-17-24-11-5-3-6-12-24)26-15-9-10-16-28(26)33(32(31)35(37)39)40-22-25-13-7-4-8-14-25/h3-16,18,20-21H,2,17,19,22H2,1H3. The highest BCUT2D eigenvalue weighted by molar-refractivity contribution is 6.37. The van der Waals surface area contributed by atoms with Gasteiger partial charge in [0.25, 0.3) is 11.8 Å². The number of anilines is 1. The number of hydrogen-bond donors (Lipinski definition) is 0. The number of ether oxygens (including phenoxy) is 1. The molecule has 198 valence electrons. The number of hydrogen-bond acceptors (Lipinski definition) is 3. The topological polar surface area (TPSA) is 46.6 Å². The summed E-state index contributed by atoms with van der Waals surface area (Å²) in [5.74, 6) is -1.35. The Labute approximate surface area is 232 Å². The molecule has 0 aromatic heterocycles. The highest BCUT2D eigenvalue weighted by atomic mass is 19.1. The predicted molar refractivity (Wildman–Crippen MR) is 155 cm³/mol. The highest BCUT2D eigenvalue weighted by Crippen LogP contribution is 2.43. The summed E-state index contributed by atoms with van der Waals surface area (Å²) in [4.78, 5) is 29.1. The molecular formula is C35H28FNO3. The second kappa shape index (κ2) is 10.8. The number of nitrogens with zero attached hydrogens (tertiary/aromatic N) is 1. The van der Waals surface area contributed by atoms with Crippen LogP contribution >= 0.6 is 0 Å². The van der Waals surface area contributed by atoms with Crippen LogP contribution in [0, 0.1) is 5.82 Å². The van der Waals surface area contributed by atoms with Crippen LogP contribution in [-0.2, 0) is 25.9 Å². The normalized spacial score (nSPS) is 12.7. The van der Waals surface area contributed by atoms with Gasteiger partial charge in [0, 0.05) is 5.39 Å². The van der Waals surface area contributed by atoms with Crippen LogP contribution in [0.5, 0.6) is 5.75 Å². The Balaban J connectivity index is 1.52. The molecule has 0 bridgehead atoms. The summed E-state index contributed by atoms with van der Waals surface area (Å²) in [5.41, 5.74) is 4.06. The third kappa shape index (κ3) is 4.54. The Kier molecular flexibility index (Phi) is 6.87. The summed E-state index contributed by atoms with van der Waals surface area (Å²) in [6.07, 6.45) is 1.87. The van der Waals surface area contributed by atoms with Crippen LogP contribution in [0.15, 0.2) is 103 Å². The van der Waals surface area contributed by atoms with Gasteiger partial charge in [-0.25, -0.2) is 9.29 Å². The fourth-order valence-electron chi connectivity index (χ4n) is 5.46. The molecule has 1 aliphatic heterocycles. The van der Waals surface area contributed by atoms with Gasteiger partial charge in [-0.05, 0) is 59.0 Å². The minimum Gasteiger partial charge on any atom is -0.487 e. The van der Waals surface area contributed by atoms with E-state index in [1.165, 1.54) is 12.1 Å². The van der Waals surface area contributed by atoms with E-state index in [2.05, 4.69) is 0 Å². The lowest BCUT2D eigenvalue weighted by Crippen LogP contribution is -2.30. The molecule has 1 heterocycles. The summed E-state index contributed by atoms with van der Waals surface area (Å²) in [7, 11) is 0. The summed E-state index contributed by atoms with van der Waals surface area (Å²) in [6, 6.07) is 32.0. The Hall–Kier alpha value is -4.77. The molecule has 6 rings (SSSR count). The monoisotopic (exact) mass is 529 g/mol. The molecule has 0 fully saturated rings. The molecule has 0 spiro atoms. The van der Waals surface area contributed by atoms with Gasteiger partial charge in [-0.15, -0.1) is 0 Å². The number of carbonyl (C=O) groups excluding carboxylic acids is 2. The van der Waals surface area contributed by atoms with Crippen LogP contribution in [0.1, 0.15) is 49.9 Å². The van der Waals surface area contributed by atoms with E-state index in [9.17, 15) is 9.59 Å². The number of amides is 2. The van der Waals surface area contributed by atoms with E-state index in [1.807, 2.05) is 91.9 Å². The molecule has 0 saturated carbocycles. The molecule has 5 aromatic rings. The van der Waals surface area contributed by atoms with Crippen LogP contribution < -0.4 is 9.64 Å². The molecule has 1 aliphatic rings. The molecule has 4 nitrogen and oxygen atoms in total. The van der Waals surface area contributed by atoms with Gasteiger partial charge < -0.3 is 4.74 Å². The Morgan fingerprint density at radius 2 is 1.30 bits per heavy atom. The molecular weight excluding hydrogens is 501 g/mol. The molecule has 0 saturated heterocycles. The number of carbonyl (C=O) groups is 2. The number of fused-ring (bicyclic) bond motifs is 2. The summed E-state index contributed by atoms with van der Waals surface area (Å²) >= 11 is 0. The van der Waals surface area contributed by atoms with Crippen LogP contribution in [0.25, 0.3) is 10.8 Å². The van der Waals surface area contributed by atoms with Gasteiger partial charge in [0.15, 0.2) is 0 Å². The first-order chi connectivity index (χ1) is 19.6. The maximum atomic E-state index is 15.3. The average molecular weight is 530 g/mol. The first-order valence-corrected chi connectivity index (χ1v) is 13.5. The number of rotatable bonds is 8. The number of benzene rings is 5. The van der Waals surface area contributed by atoms with E-state index in [4.69, 9.17) is 4.74 Å². The zero-order valence-electron chi connectivity index (χ0n) is 22.2. The number of halogens is 1. The summed E-state index contributed by atoms with van der Waals surface area (Å²) in [6.45, 7) is 2.15. The van der Waals surface area contributed by atoms with E-state index < -0.39 is 17.6 Å². The van der Waals surface area contributed by atoms with Gasteiger partial charge in [0.05, 0.1) is 16.8 Å². The van der Waals surface area contributed by atoms with Crippen molar-refractivity contribution in [2.24, 2.45) is 0 Å². The molecule has 40 heavy (non-hydrogen) atoms. The predicted octanol–water partition coefficient (Wildman–Crippen LogP) is 7.71. The largest absolute Gasteiger partial charge is 0.487 e. The third-order valence-electron chi connectivity index (χ3n) is 7.50. The molecule has 2 amide bonds. The van der Waals surface area contributed by atoms with E-state index in [-0.39, 0.29) is 17.9 Å². The second-order valence-electron chi connectivity index (χ2n) is 9.95. The van der Waals surface area contributed by atoms with E-state index in [0.717, 1.165) is 37.9 Å². The quantitative estimate of drug-likeness (QED) is 0.194. The van der Waals surface area contributed by atoms with Crippen molar-refractivity contribution >= 4 is 28.3 Å². The van der Waals surface area contributed by atoms with Crippen LogP contribution in [0.2, 0.25) is 0 Å². The van der Waals surface area contributed by atoms with Gasteiger partial charge in [-0.3, -0.25) is 9.59 Å². The van der Waals surface area contributed by atoms with Gasteiger partial charge in [-0.2, -0.15) is 0 Å². The summed E-state index contributed by atoms with van der Waals surface area (Å²) in [5, 5.41) is 1.61. The molecule has 5 heteroatoms. The van der Waals surface area contributed by atoms with Crippen molar-refractivity contribution in [3.63, 3.8) is 0 Å². The van der Waals surface area contributed by atoms with E-state index in [0.29, 0.717) is 30.6 Å². The maximum absolute atomic E-state index is 15.3. The lowest BCUT2D eigenvalue weighted by atomic mass is 9.90. The van der Waals surface area contributed by atoms with Gasteiger partial charge in [0.1, 0.15) is 18.2 Å². The number of imide groups is 1. The fraction of sp³-hybridized carbons (Fsp3) is 0.143. The average Bonchev–Trinajstić information content (AvgIpc) is 3.25. The SMILES string of the molecule is CCc1ccc(N2C(=O)c3c(c(OCc4ccccc4)c4ccccc4c3CCc3ccccc3)C2=O)c(F)c1. The van der Waals surface area contributed by atoms with E-state index in [1.54, 1.807) is 6.07 Å². The first-order valence-electron chi connectivity index (χ1n) is 13.5. The van der Waals surface area contributed by atoms with Crippen molar-refractivity contribution in [1.82, 2.24) is 0 Å². The maximum Gasteiger partial charge on any atom is 0.270 e. The number of aryl methyl sites for hydroxylation is 3. The van der Waals surface area contributed by atoms with Crippen molar-refractivity contribution in [3.05, 3.63) is 142 Å². The lowest BCUT2D eigenvalue weighted by molar-refractivity contribution is 0.0923. The molecule has 0 N–H and O–H groups in total. The van der Waals surface area contributed by atoms with Crippen molar-refractivity contribution in [2.45, 2.75) is 32.8 Å². The fourth-order valence-corrected chi connectivity index (χ4v) is 5.46. The molecule has 0 aliphatic carbocycles.